The summed E-state index contributed by atoms with van der Waals surface area (Å²) in [5.41, 5.74) is 0.988. The van der Waals surface area contributed by atoms with Gasteiger partial charge in [0.25, 0.3) is 0 Å². The van der Waals surface area contributed by atoms with E-state index in [0.29, 0.717) is 12.3 Å². The van der Waals surface area contributed by atoms with Gasteiger partial charge in [0.1, 0.15) is 0 Å². The number of anilines is 1. The molecule has 0 spiro atoms. The maximum atomic E-state index is 12.4. The van der Waals surface area contributed by atoms with E-state index in [9.17, 15) is 9.59 Å². The minimum Gasteiger partial charge on any atom is -0.478 e. The second-order valence-corrected chi connectivity index (χ2v) is 5.87. The fourth-order valence-corrected chi connectivity index (χ4v) is 2.92. The zero-order valence-electron chi connectivity index (χ0n) is 12.5. The molecule has 1 amide bonds. The molecule has 4 heteroatoms. The van der Waals surface area contributed by atoms with Crippen LogP contribution < -0.4 is 4.90 Å². The third kappa shape index (κ3) is 4.31. The molecule has 0 saturated heterocycles. The molecule has 0 unspecified atom stereocenters. The molecule has 1 N–H and O–H groups in total. The van der Waals surface area contributed by atoms with Crippen LogP contribution in [0.2, 0.25) is 0 Å². The van der Waals surface area contributed by atoms with Gasteiger partial charge in [-0.1, -0.05) is 25.7 Å². The molecule has 1 aliphatic rings. The minimum atomic E-state index is -0.950. The number of carbonyl (C=O) groups excluding carboxylic acids is 1. The van der Waals surface area contributed by atoms with Crippen LogP contribution in [0, 0.1) is 5.92 Å². The molecule has 0 atom stereocenters. The van der Waals surface area contributed by atoms with E-state index in [1.54, 1.807) is 24.1 Å². The molecule has 1 aliphatic carbocycles. The van der Waals surface area contributed by atoms with Crippen molar-refractivity contribution in [2.24, 2.45) is 5.92 Å². The highest BCUT2D eigenvalue weighted by Gasteiger charge is 2.19. The van der Waals surface area contributed by atoms with E-state index in [0.717, 1.165) is 18.5 Å². The topological polar surface area (TPSA) is 57.6 Å². The summed E-state index contributed by atoms with van der Waals surface area (Å²) >= 11 is 0. The fourth-order valence-electron chi connectivity index (χ4n) is 2.92. The zero-order chi connectivity index (χ0) is 15.2. The molecule has 0 heterocycles. The summed E-state index contributed by atoms with van der Waals surface area (Å²) in [6.07, 6.45) is 7.94. The van der Waals surface area contributed by atoms with Gasteiger partial charge in [-0.2, -0.15) is 0 Å². The van der Waals surface area contributed by atoms with E-state index in [-0.39, 0.29) is 11.5 Å². The van der Waals surface area contributed by atoms with E-state index in [1.807, 2.05) is 0 Å². The van der Waals surface area contributed by atoms with Crippen LogP contribution in [0.15, 0.2) is 24.3 Å². The summed E-state index contributed by atoms with van der Waals surface area (Å²) in [7, 11) is 1.76. The molecule has 21 heavy (non-hydrogen) atoms. The number of benzene rings is 1. The van der Waals surface area contributed by atoms with E-state index < -0.39 is 5.97 Å². The summed E-state index contributed by atoms with van der Waals surface area (Å²) < 4.78 is 0. The maximum Gasteiger partial charge on any atom is 0.335 e. The van der Waals surface area contributed by atoms with Crippen molar-refractivity contribution < 1.29 is 14.7 Å². The smallest absolute Gasteiger partial charge is 0.335 e. The standard InChI is InChI=1S/C17H23NO3/c1-18(15-10-8-14(9-11-15)17(20)21)16(19)12-13-6-4-2-3-5-7-13/h8-11,13H,2-7,12H2,1H3,(H,20,21). The van der Waals surface area contributed by atoms with Gasteiger partial charge in [-0.15, -0.1) is 0 Å². The molecule has 0 radical (unpaired) electrons. The second kappa shape index (κ2) is 7.25. The normalized spacial score (nSPS) is 16.2. The molecule has 2 rings (SSSR count). The van der Waals surface area contributed by atoms with Gasteiger partial charge in [-0.3, -0.25) is 4.79 Å². The highest BCUT2D eigenvalue weighted by Crippen LogP contribution is 2.26. The average molecular weight is 289 g/mol. The quantitative estimate of drug-likeness (QED) is 0.860. The summed E-state index contributed by atoms with van der Waals surface area (Å²) in [6, 6.07) is 6.45. The predicted octanol–water partition coefficient (Wildman–Crippen LogP) is 3.71. The van der Waals surface area contributed by atoms with Gasteiger partial charge in [-0.25, -0.2) is 4.79 Å². The number of nitrogens with zero attached hydrogens (tertiary/aromatic N) is 1. The first-order chi connectivity index (χ1) is 10.1. The molecule has 0 aliphatic heterocycles. The summed E-state index contributed by atoms with van der Waals surface area (Å²) in [6.45, 7) is 0. The van der Waals surface area contributed by atoms with Gasteiger partial charge >= 0.3 is 5.97 Å². The Hall–Kier alpha value is -1.84. The van der Waals surface area contributed by atoms with Gasteiger partial charge in [0, 0.05) is 19.2 Å². The number of hydrogen-bond donors (Lipinski definition) is 1. The molecule has 4 nitrogen and oxygen atoms in total. The van der Waals surface area contributed by atoms with Gasteiger partial charge in [0.15, 0.2) is 0 Å². The molecular weight excluding hydrogens is 266 g/mol. The first kappa shape index (κ1) is 15.5. The molecule has 1 aromatic rings. The number of rotatable bonds is 4. The third-order valence-corrected chi connectivity index (χ3v) is 4.31. The van der Waals surface area contributed by atoms with Crippen LogP contribution in [0.3, 0.4) is 0 Å². The minimum absolute atomic E-state index is 0.116. The lowest BCUT2D eigenvalue weighted by Gasteiger charge is -2.21. The first-order valence-corrected chi connectivity index (χ1v) is 7.68. The van der Waals surface area contributed by atoms with Crippen molar-refractivity contribution in [1.82, 2.24) is 0 Å². The lowest BCUT2D eigenvalue weighted by molar-refractivity contribution is -0.119. The van der Waals surface area contributed by atoms with Gasteiger partial charge in [-0.05, 0) is 43.0 Å². The molecule has 114 valence electrons. The molecular formula is C17H23NO3. The van der Waals surface area contributed by atoms with Crippen molar-refractivity contribution in [2.45, 2.75) is 44.9 Å². The number of carboxylic acid groups (broad SMARTS) is 1. The Kier molecular flexibility index (Phi) is 5.37. The summed E-state index contributed by atoms with van der Waals surface area (Å²) in [5, 5.41) is 8.89. The predicted molar refractivity (Wildman–Crippen MR) is 82.6 cm³/mol. The van der Waals surface area contributed by atoms with Gasteiger partial charge < -0.3 is 10.0 Å². The Balaban J connectivity index is 1.96. The average Bonchev–Trinajstić information content (AvgIpc) is 2.75. The van der Waals surface area contributed by atoms with Crippen LogP contribution in [-0.2, 0) is 4.79 Å². The Morgan fingerprint density at radius 1 is 1.10 bits per heavy atom. The SMILES string of the molecule is CN(C(=O)CC1CCCCCC1)c1ccc(C(=O)O)cc1. The van der Waals surface area contributed by atoms with Crippen molar-refractivity contribution in [1.29, 1.82) is 0 Å². The van der Waals surface area contributed by atoms with Gasteiger partial charge in [0.05, 0.1) is 5.56 Å². The lowest BCUT2D eigenvalue weighted by atomic mass is 9.96. The number of carbonyl (C=O) groups is 2. The zero-order valence-corrected chi connectivity index (χ0v) is 12.5. The van der Waals surface area contributed by atoms with E-state index in [2.05, 4.69) is 0 Å². The molecule has 1 saturated carbocycles. The maximum absolute atomic E-state index is 12.4. The Labute approximate surface area is 125 Å². The number of carboxylic acids is 1. The molecule has 0 aromatic heterocycles. The second-order valence-electron chi connectivity index (χ2n) is 5.87. The Bertz CT molecular complexity index is 487. The van der Waals surface area contributed by atoms with E-state index in [1.165, 1.54) is 37.8 Å². The molecule has 0 bridgehead atoms. The highest BCUT2D eigenvalue weighted by atomic mass is 16.4. The largest absolute Gasteiger partial charge is 0.478 e. The number of hydrogen-bond acceptors (Lipinski definition) is 2. The first-order valence-electron chi connectivity index (χ1n) is 7.68. The van der Waals surface area contributed by atoms with Crippen molar-refractivity contribution in [2.75, 3.05) is 11.9 Å². The number of aromatic carboxylic acids is 1. The lowest BCUT2D eigenvalue weighted by Crippen LogP contribution is -2.28. The molecule has 1 aromatic carbocycles. The van der Waals surface area contributed by atoms with Crippen LogP contribution >= 0.6 is 0 Å². The summed E-state index contributed by atoms with van der Waals surface area (Å²) in [4.78, 5) is 24.8. The van der Waals surface area contributed by atoms with Crippen LogP contribution in [0.25, 0.3) is 0 Å². The highest BCUT2D eigenvalue weighted by molar-refractivity contribution is 5.94. The van der Waals surface area contributed by atoms with Crippen LogP contribution in [-0.4, -0.2) is 24.0 Å². The fraction of sp³-hybridized carbons (Fsp3) is 0.529. The third-order valence-electron chi connectivity index (χ3n) is 4.31. The summed E-state index contributed by atoms with van der Waals surface area (Å²) in [5.74, 6) is -0.334. The van der Waals surface area contributed by atoms with Crippen LogP contribution in [0.1, 0.15) is 55.3 Å². The molecule has 1 fully saturated rings. The van der Waals surface area contributed by atoms with Crippen molar-refractivity contribution in [3.05, 3.63) is 29.8 Å². The van der Waals surface area contributed by atoms with Crippen LogP contribution in [0.5, 0.6) is 0 Å². The van der Waals surface area contributed by atoms with Gasteiger partial charge in [0.2, 0.25) is 5.91 Å². The van der Waals surface area contributed by atoms with Crippen molar-refractivity contribution in [3.63, 3.8) is 0 Å². The Morgan fingerprint density at radius 3 is 2.19 bits per heavy atom. The van der Waals surface area contributed by atoms with Crippen molar-refractivity contribution >= 4 is 17.6 Å². The van der Waals surface area contributed by atoms with Crippen LogP contribution in [0.4, 0.5) is 5.69 Å². The number of amides is 1. The monoisotopic (exact) mass is 289 g/mol. The Morgan fingerprint density at radius 2 is 1.67 bits per heavy atom. The van der Waals surface area contributed by atoms with E-state index in [4.69, 9.17) is 5.11 Å². The van der Waals surface area contributed by atoms with Crippen molar-refractivity contribution in [3.8, 4) is 0 Å². The van der Waals surface area contributed by atoms with E-state index >= 15 is 0 Å².